The van der Waals surface area contributed by atoms with Crippen LogP contribution in [-0.2, 0) is 4.74 Å². The molecule has 1 aromatic rings. The molecule has 0 aromatic heterocycles. The second-order valence-electron chi connectivity index (χ2n) is 4.51. The first-order valence-corrected chi connectivity index (χ1v) is 7.11. The van der Waals surface area contributed by atoms with Gasteiger partial charge in [-0.25, -0.2) is 9.18 Å². The van der Waals surface area contributed by atoms with E-state index in [4.69, 9.17) is 5.73 Å². The lowest BCUT2D eigenvalue weighted by atomic mass is 10.1. The van der Waals surface area contributed by atoms with Gasteiger partial charge in [-0.2, -0.15) is 11.8 Å². The standard InChI is InChI=1S/C13H17FN2O2S/c1-8-7-16(3-4-19-8)12-5-9(13(17)18-2)11(15)6-10(12)14/h5-6,8H,3-4,7,15H2,1-2H3. The third-order valence-electron chi connectivity index (χ3n) is 3.11. The van der Waals surface area contributed by atoms with Crippen molar-refractivity contribution < 1.29 is 13.9 Å². The minimum atomic E-state index is -0.543. The van der Waals surface area contributed by atoms with Crippen LogP contribution < -0.4 is 10.6 Å². The van der Waals surface area contributed by atoms with Crippen LogP contribution in [0.15, 0.2) is 12.1 Å². The first-order valence-electron chi connectivity index (χ1n) is 6.06. The lowest BCUT2D eigenvalue weighted by molar-refractivity contribution is 0.0602. The van der Waals surface area contributed by atoms with Crippen molar-refractivity contribution in [2.75, 3.05) is 36.6 Å². The van der Waals surface area contributed by atoms with Gasteiger partial charge >= 0.3 is 5.97 Å². The number of halogens is 1. The molecule has 0 bridgehead atoms. The number of nitrogen functional groups attached to an aromatic ring is 1. The fourth-order valence-electron chi connectivity index (χ4n) is 2.14. The van der Waals surface area contributed by atoms with Gasteiger partial charge in [0, 0.05) is 29.8 Å². The summed E-state index contributed by atoms with van der Waals surface area (Å²) in [6.07, 6.45) is 0. The number of methoxy groups -OCH3 is 1. The lowest BCUT2D eigenvalue weighted by Crippen LogP contribution is -2.37. The molecule has 0 radical (unpaired) electrons. The van der Waals surface area contributed by atoms with Crippen molar-refractivity contribution in [3.63, 3.8) is 0 Å². The van der Waals surface area contributed by atoms with Crippen LogP contribution in [0.25, 0.3) is 0 Å². The fourth-order valence-corrected chi connectivity index (χ4v) is 3.16. The number of rotatable bonds is 2. The van der Waals surface area contributed by atoms with Crippen molar-refractivity contribution in [1.82, 2.24) is 0 Å². The summed E-state index contributed by atoms with van der Waals surface area (Å²) < 4.78 is 18.7. The van der Waals surface area contributed by atoms with Gasteiger partial charge in [-0.3, -0.25) is 0 Å². The second-order valence-corrected chi connectivity index (χ2v) is 6.06. The highest BCUT2D eigenvalue weighted by molar-refractivity contribution is 8.00. The van der Waals surface area contributed by atoms with E-state index in [0.29, 0.717) is 10.9 Å². The van der Waals surface area contributed by atoms with Crippen molar-refractivity contribution in [3.05, 3.63) is 23.5 Å². The minimum absolute atomic E-state index is 0.104. The molecule has 1 fully saturated rings. The number of thioether (sulfide) groups is 1. The molecule has 0 aliphatic carbocycles. The molecule has 1 aliphatic heterocycles. The van der Waals surface area contributed by atoms with Gasteiger partial charge in [-0.1, -0.05) is 6.92 Å². The zero-order valence-electron chi connectivity index (χ0n) is 11.0. The molecule has 1 aromatic carbocycles. The van der Waals surface area contributed by atoms with Crippen LogP contribution in [0, 0.1) is 5.82 Å². The molecule has 1 heterocycles. The van der Waals surface area contributed by atoms with Crippen LogP contribution in [0.1, 0.15) is 17.3 Å². The van der Waals surface area contributed by atoms with Crippen LogP contribution >= 0.6 is 11.8 Å². The Kier molecular flexibility index (Phi) is 4.19. The number of esters is 1. The number of ether oxygens (including phenoxy) is 1. The molecule has 6 heteroatoms. The number of carbonyl (C=O) groups excluding carboxylic acids is 1. The smallest absolute Gasteiger partial charge is 0.340 e. The molecule has 19 heavy (non-hydrogen) atoms. The maximum absolute atomic E-state index is 14.0. The third-order valence-corrected chi connectivity index (χ3v) is 4.24. The van der Waals surface area contributed by atoms with Gasteiger partial charge < -0.3 is 15.4 Å². The van der Waals surface area contributed by atoms with Gasteiger partial charge in [0.05, 0.1) is 18.4 Å². The van der Waals surface area contributed by atoms with E-state index in [2.05, 4.69) is 11.7 Å². The Labute approximate surface area is 116 Å². The predicted octanol–water partition coefficient (Wildman–Crippen LogP) is 2.14. The molecule has 0 amide bonds. The topological polar surface area (TPSA) is 55.6 Å². The Morgan fingerprint density at radius 3 is 2.95 bits per heavy atom. The summed E-state index contributed by atoms with van der Waals surface area (Å²) in [5.74, 6) is 0.000808. The Balaban J connectivity index is 2.36. The monoisotopic (exact) mass is 284 g/mol. The molecule has 2 rings (SSSR count). The van der Waals surface area contributed by atoms with Gasteiger partial charge in [0.2, 0.25) is 0 Å². The van der Waals surface area contributed by atoms with Crippen LogP contribution in [0.5, 0.6) is 0 Å². The van der Waals surface area contributed by atoms with E-state index in [1.165, 1.54) is 19.2 Å². The highest BCUT2D eigenvalue weighted by Crippen LogP contribution is 2.29. The highest BCUT2D eigenvalue weighted by atomic mass is 32.2. The van der Waals surface area contributed by atoms with Crippen molar-refractivity contribution in [2.45, 2.75) is 12.2 Å². The number of carbonyl (C=O) groups is 1. The van der Waals surface area contributed by atoms with Gasteiger partial charge in [0.1, 0.15) is 5.82 Å². The number of hydrogen-bond donors (Lipinski definition) is 1. The maximum atomic E-state index is 14.0. The minimum Gasteiger partial charge on any atom is -0.465 e. The van der Waals surface area contributed by atoms with E-state index in [-0.39, 0.29) is 11.3 Å². The normalized spacial score (nSPS) is 19.3. The number of nitrogens with zero attached hydrogens (tertiary/aromatic N) is 1. The van der Waals surface area contributed by atoms with E-state index in [0.717, 1.165) is 18.8 Å². The molecule has 1 unspecified atom stereocenters. The third kappa shape index (κ3) is 2.94. The number of nitrogens with two attached hydrogens (primary N) is 1. The van der Waals surface area contributed by atoms with E-state index in [1.54, 1.807) is 0 Å². The summed E-state index contributed by atoms with van der Waals surface area (Å²) >= 11 is 1.86. The lowest BCUT2D eigenvalue weighted by Gasteiger charge is -2.32. The zero-order chi connectivity index (χ0) is 14.0. The fraction of sp³-hybridized carbons (Fsp3) is 0.462. The van der Waals surface area contributed by atoms with Crippen molar-refractivity contribution in [2.24, 2.45) is 0 Å². The molecular formula is C13H17FN2O2S. The Bertz CT molecular complexity index is 496. The Morgan fingerprint density at radius 1 is 1.58 bits per heavy atom. The summed E-state index contributed by atoms with van der Waals surface area (Å²) in [7, 11) is 1.28. The summed E-state index contributed by atoms with van der Waals surface area (Å²) in [6, 6.07) is 2.67. The van der Waals surface area contributed by atoms with E-state index < -0.39 is 11.8 Å². The van der Waals surface area contributed by atoms with Crippen molar-refractivity contribution >= 4 is 29.1 Å². The SMILES string of the molecule is COC(=O)c1cc(N2CCSC(C)C2)c(F)cc1N. The quantitative estimate of drug-likeness (QED) is 0.666. The molecule has 0 spiro atoms. The van der Waals surface area contributed by atoms with E-state index in [9.17, 15) is 9.18 Å². The van der Waals surface area contributed by atoms with Gasteiger partial charge in [-0.15, -0.1) is 0 Å². The summed E-state index contributed by atoms with van der Waals surface area (Å²) in [5, 5.41) is 0.437. The van der Waals surface area contributed by atoms with Crippen LogP contribution in [0.2, 0.25) is 0 Å². The van der Waals surface area contributed by atoms with Crippen LogP contribution in [-0.4, -0.2) is 37.2 Å². The maximum Gasteiger partial charge on any atom is 0.340 e. The molecule has 0 saturated carbocycles. The molecular weight excluding hydrogens is 267 g/mol. The number of hydrogen-bond acceptors (Lipinski definition) is 5. The highest BCUT2D eigenvalue weighted by Gasteiger charge is 2.22. The first-order chi connectivity index (χ1) is 9.02. The van der Waals surface area contributed by atoms with Crippen LogP contribution in [0.3, 0.4) is 0 Å². The molecule has 1 aliphatic rings. The Morgan fingerprint density at radius 2 is 2.32 bits per heavy atom. The zero-order valence-corrected chi connectivity index (χ0v) is 11.8. The summed E-state index contributed by atoms with van der Waals surface area (Å²) in [6.45, 7) is 3.62. The van der Waals surface area contributed by atoms with Gasteiger partial charge in [-0.05, 0) is 12.1 Å². The predicted molar refractivity (Wildman–Crippen MR) is 76.3 cm³/mol. The van der Waals surface area contributed by atoms with Crippen molar-refractivity contribution in [1.29, 1.82) is 0 Å². The molecule has 1 atom stereocenters. The van der Waals surface area contributed by atoms with Gasteiger partial charge in [0.15, 0.2) is 0 Å². The molecule has 4 nitrogen and oxygen atoms in total. The first kappa shape index (κ1) is 14.0. The summed E-state index contributed by atoms with van der Waals surface area (Å²) in [4.78, 5) is 13.5. The number of anilines is 2. The van der Waals surface area contributed by atoms with Crippen LogP contribution in [0.4, 0.5) is 15.8 Å². The second kappa shape index (κ2) is 5.69. The van der Waals surface area contributed by atoms with Crippen molar-refractivity contribution in [3.8, 4) is 0 Å². The van der Waals surface area contributed by atoms with Gasteiger partial charge in [0.25, 0.3) is 0 Å². The Hall–Kier alpha value is -1.43. The molecule has 2 N–H and O–H groups in total. The summed E-state index contributed by atoms with van der Waals surface area (Å²) in [5.41, 5.74) is 6.40. The van der Waals surface area contributed by atoms with E-state index in [1.807, 2.05) is 16.7 Å². The molecule has 1 saturated heterocycles. The van der Waals surface area contributed by atoms with E-state index >= 15 is 0 Å². The average molecular weight is 284 g/mol. The molecule has 104 valence electrons. The average Bonchev–Trinajstić information content (AvgIpc) is 2.38. The largest absolute Gasteiger partial charge is 0.465 e. The number of benzene rings is 1.